The fourth-order valence-electron chi connectivity index (χ4n) is 0.943. The first-order valence-electron chi connectivity index (χ1n) is 3.80. The van der Waals surface area contributed by atoms with E-state index in [0.29, 0.717) is 5.69 Å². The Morgan fingerprint density at radius 3 is 2.75 bits per heavy atom. The molecule has 0 amide bonds. The van der Waals surface area contributed by atoms with Gasteiger partial charge in [0.2, 0.25) is 5.78 Å². The van der Waals surface area contributed by atoms with Gasteiger partial charge >= 0.3 is 0 Å². The summed E-state index contributed by atoms with van der Waals surface area (Å²) in [6, 6.07) is 3.65. The molecule has 12 heavy (non-hydrogen) atoms. The average molecular weight is 160 g/mol. The molecule has 61 valence electrons. The number of hydrogen-bond acceptors (Lipinski definition) is 2. The lowest BCUT2D eigenvalue weighted by Crippen LogP contribution is -1.99. The molecule has 0 atom stereocenters. The molecular formula is C10H10NO. The molecule has 1 heterocycles. The van der Waals surface area contributed by atoms with Crippen molar-refractivity contribution >= 4 is 5.78 Å². The molecule has 0 aliphatic heterocycles. The van der Waals surface area contributed by atoms with Crippen LogP contribution >= 0.6 is 0 Å². The first-order chi connectivity index (χ1) is 5.77. The number of allylic oxidation sites excluding steroid dienone is 2. The van der Waals surface area contributed by atoms with Gasteiger partial charge in [-0.25, -0.2) is 0 Å². The topological polar surface area (TPSA) is 30.0 Å². The number of aryl methyl sites for hydroxylation is 1. The molecule has 1 aromatic rings. The van der Waals surface area contributed by atoms with Gasteiger partial charge in [0.15, 0.2) is 0 Å². The summed E-state index contributed by atoms with van der Waals surface area (Å²) in [5.41, 5.74) is 2.37. The predicted octanol–water partition coefficient (Wildman–Crippen LogP) is 1.96. The van der Waals surface area contributed by atoms with E-state index in [1.165, 1.54) is 0 Å². The minimum absolute atomic E-state index is 0. The molecule has 1 aromatic heterocycles. The van der Waals surface area contributed by atoms with Crippen molar-refractivity contribution in [2.75, 3.05) is 0 Å². The van der Waals surface area contributed by atoms with Gasteiger partial charge in [-0.3, -0.25) is 9.78 Å². The lowest BCUT2D eigenvalue weighted by atomic mass is 10.2. The van der Waals surface area contributed by atoms with E-state index in [1.807, 2.05) is 13.0 Å². The summed E-state index contributed by atoms with van der Waals surface area (Å²) in [7, 11) is 0. The number of ketones is 1. The zero-order chi connectivity index (χ0) is 8.55. The summed E-state index contributed by atoms with van der Waals surface area (Å²) >= 11 is 0. The highest BCUT2D eigenvalue weighted by atomic mass is 16.1. The SMILES string of the molecule is Cc1ccc(C(=O)C2=C[CH]2)nc1.[HH]. The summed E-state index contributed by atoms with van der Waals surface area (Å²) in [6.07, 6.45) is 5.30. The van der Waals surface area contributed by atoms with Gasteiger partial charge in [0.05, 0.1) is 0 Å². The normalized spacial score (nSPS) is 13.9. The highest BCUT2D eigenvalue weighted by Crippen LogP contribution is 2.20. The standard InChI is InChI=1S/C10H8NO.H2/c1-7-2-5-9(11-6-7)10(12)8-3-4-8;/h2-6H,1H3;1H. The smallest absolute Gasteiger partial charge is 0.207 e. The molecule has 1 aliphatic carbocycles. The maximum absolute atomic E-state index is 11.4. The Hall–Kier alpha value is -1.44. The zero-order valence-electron chi connectivity index (χ0n) is 6.74. The number of hydrogen-bond donors (Lipinski definition) is 0. The van der Waals surface area contributed by atoms with Crippen LogP contribution in [0.3, 0.4) is 0 Å². The number of pyridine rings is 1. The molecule has 0 saturated carbocycles. The molecule has 0 spiro atoms. The minimum atomic E-state index is 0. The maximum Gasteiger partial charge on any atom is 0.207 e. The van der Waals surface area contributed by atoms with Crippen molar-refractivity contribution in [3.8, 4) is 0 Å². The number of rotatable bonds is 2. The van der Waals surface area contributed by atoms with Crippen LogP contribution in [0.2, 0.25) is 0 Å². The van der Waals surface area contributed by atoms with Crippen LogP contribution in [0.5, 0.6) is 0 Å². The number of carbonyl (C=O) groups excluding carboxylic acids is 1. The van der Waals surface area contributed by atoms with Gasteiger partial charge in [0, 0.05) is 19.6 Å². The van der Waals surface area contributed by atoms with Crippen LogP contribution in [-0.2, 0) is 0 Å². The molecule has 1 aliphatic rings. The Morgan fingerprint density at radius 1 is 1.50 bits per heavy atom. The molecule has 0 aromatic carbocycles. The fraction of sp³-hybridized carbons (Fsp3) is 0.100. The van der Waals surface area contributed by atoms with Gasteiger partial charge in [0.1, 0.15) is 5.69 Å². The molecule has 0 saturated heterocycles. The van der Waals surface area contributed by atoms with Crippen molar-refractivity contribution < 1.29 is 6.22 Å². The van der Waals surface area contributed by atoms with Crippen LogP contribution in [0.4, 0.5) is 0 Å². The Balaban J connectivity index is 0.000000845. The summed E-state index contributed by atoms with van der Waals surface area (Å²) in [5, 5.41) is 0. The molecule has 0 fully saturated rings. The van der Waals surface area contributed by atoms with Gasteiger partial charge in [-0.1, -0.05) is 12.1 Å². The molecular weight excluding hydrogens is 150 g/mol. The largest absolute Gasteiger partial charge is 0.287 e. The third-order valence-electron chi connectivity index (χ3n) is 1.74. The fourth-order valence-corrected chi connectivity index (χ4v) is 0.943. The van der Waals surface area contributed by atoms with Crippen molar-refractivity contribution in [2.45, 2.75) is 6.92 Å². The molecule has 0 N–H and O–H groups in total. The van der Waals surface area contributed by atoms with Gasteiger partial charge in [-0.05, 0) is 18.6 Å². The van der Waals surface area contributed by atoms with Crippen LogP contribution in [0.15, 0.2) is 30.0 Å². The maximum atomic E-state index is 11.4. The summed E-state index contributed by atoms with van der Waals surface area (Å²) in [4.78, 5) is 15.4. The molecule has 2 heteroatoms. The van der Waals surface area contributed by atoms with Crippen molar-refractivity contribution in [3.63, 3.8) is 0 Å². The van der Waals surface area contributed by atoms with Gasteiger partial charge in [-0.2, -0.15) is 0 Å². The predicted molar refractivity (Wildman–Crippen MR) is 47.8 cm³/mol. The molecule has 0 unspecified atom stereocenters. The molecule has 2 nitrogen and oxygen atoms in total. The van der Waals surface area contributed by atoms with E-state index in [4.69, 9.17) is 0 Å². The Morgan fingerprint density at radius 2 is 2.25 bits per heavy atom. The second-order valence-electron chi connectivity index (χ2n) is 2.84. The van der Waals surface area contributed by atoms with Crippen molar-refractivity contribution in [1.29, 1.82) is 0 Å². The second-order valence-corrected chi connectivity index (χ2v) is 2.84. The van der Waals surface area contributed by atoms with E-state index in [-0.39, 0.29) is 7.21 Å². The van der Waals surface area contributed by atoms with Crippen molar-refractivity contribution in [1.82, 2.24) is 4.98 Å². The van der Waals surface area contributed by atoms with Gasteiger partial charge < -0.3 is 0 Å². The zero-order valence-corrected chi connectivity index (χ0v) is 6.74. The Bertz CT molecular complexity index is 354. The summed E-state index contributed by atoms with van der Waals surface area (Å²) in [5.74, 6) is 0.0231. The molecule has 2 rings (SSSR count). The van der Waals surface area contributed by atoms with E-state index in [0.717, 1.165) is 11.1 Å². The van der Waals surface area contributed by atoms with E-state index < -0.39 is 0 Å². The minimum Gasteiger partial charge on any atom is -0.287 e. The van der Waals surface area contributed by atoms with E-state index >= 15 is 0 Å². The van der Waals surface area contributed by atoms with Crippen LogP contribution < -0.4 is 0 Å². The summed E-state index contributed by atoms with van der Waals surface area (Å²) in [6.45, 7) is 1.95. The number of nitrogens with zero attached hydrogens (tertiary/aromatic N) is 1. The monoisotopic (exact) mass is 160 g/mol. The highest BCUT2D eigenvalue weighted by molar-refractivity contribution is 6.12. The Kier molecular flexibility index (Phi) is 1.54. The van der Waals surface area contributed by atoms with Crippen LogP contribution in [0.25, 0.3) is 0 Å². The van der Waals surface area contributed by atoms with E-state index in [9.17, 15) is 4.79 Å². The average Bonchev–Trinajstić information content (AvgIpc) is 2.87. The van der Waals surface area contributed by atoms with Crippen LogP contribution in [0, 0.1) is 13.3 Å². The van der Waals surface area contributed by atoms with Crippen molar-refractivity contribution in [3.05, 3.63) is 47.7 Å². The second kappa shape index (κ2) is 2.55. The van der Waals surface area contributed by atoms with Gasteiger partial charge in [0.25, 0.3) is 0 Å². The molecule has 1 radical (unpaired) electrons. The number of Topliss-reactive ketones (excluding diaryl/α,β-unsaturated/α-hetero) is 1. The van der Waals surface area contributed by atoms with E-state index in [1.54, 1.807) is 24.8 Å². The highest BCUT2D eigenvalue weighted by Gasteiger charge is 2.19. The van der Waals surface area contributed by atoms with Crippen LogP contribution in [0.1, 0.15) is 17.5 Å². The third-order valence-corrected chi connectivity index (χ3v) is 1.74. The number of aromatic nitrogens is 1. The molecule has 0 bridgehead atoms. The van der Waals surface area contributed by atoms with Crippen LogP contribution in [-0.4, -0.2) is 10.8 Å². The quantitative estimate of drug-likeness (QED) is 0.619. The number of carbonyl (C=O) groups is 1. The first kappa shape index (κ1) is 7.22. The summed E-state index contributed by atoms with van der Waals surface area (Å²) < 4.78 is 0. The van der Waals surface area contributed by atoms with Crippen molar-refractivity contribution in [2.24, 2.45) is 0 Å². The van der Waals surface area contributed by atoms with E-state index in [2.05, 4.69) is 4.98 Å². The third kappa shape index (κ3) is 1.28. The lowest BCUT2D eigenvalue weighted by molar-refractivity contribution is 0.103. The first-order valence-corrected chi connectivity index (χ1v) is 3.80. The van der Waals surface area contributed by atoms with Gasteiger partial charge in [-0.15, -0.1) is 0 Å². The Labute approximate surface area is 72.4 Å². The lowest BCUT2D eigenvalue weighted by Gasteiger charge is -1.95.